The molecule has 0 aromatic rings. The van der Waals surface area contributed by atoms with Crippen molar-refractivity contribution < 1.29 is 4.79 Å². The topological polar surface area (TPSA) is 44.4 Å². The maximum Gasteiger partial charge on any atom is 0.237 e. The van der Waals surface area contributed by atoms with E-state index < -0.39 is 0 Å². The van der Waals surface area contributed by atoms with Crippen LogP contribution in [0.25, 0.3) is 0 Å². The van der Waals surface area contributed by atoms with Gasteiger partial charge in [-0.2, -0.15) is 0 Å². The Morgan fingerprint density at radius 1 is 1.25 bits per heavy atom. The molecule has 0 spiro atoms. The highest BCUT2D eigenvalue weighted by Crippen LogP contribution is 2.26. The Kier molecular flexibility index (Phi) is 5.08. The Morgan fingerprint density at radius 2 is 2.00 bits per heavy atom. The smallest absolute Gasteiger partial charge is 0.237 e. The average molecular weight is 281 g/mol. The largest absolute Gasteiger partial charge is 0.350 e. The highest BCUT2D eigenvalue weighted by atomic mass is 16.2. The fourth-order valence-electron chi connectivity index (χ4n) is 3.56. The normalized spacial score (nSPS) is 30.2. The van der Waals surface area contributed by atoms with Gasteiger partial charge in [0.1, 0.15) is 0 Å². The first-order chi connectivity index (χ1) is 9.38. The average Bonchev–Trinajstić information content (AvgIpc) is 2.89. The Morgan fingerprint density at radius 3 is 2.60 bits per heavy atom. The van der Waals surface area contributed by atoms with Crippen LogP contribution >= 0.6 is 0 Å². The fraction of sp³-hybridized carbons (Fsp3) is 0.938. The lowest BCUT2D eigenvalue weighted by Gasteiger charge is -2.42. The molecule has 2 aliphatic heterocycles. The molecule has 3 atom stereocenters. The first kappa shape index (κ1) is 15.8. The summed E-state index contributed by atoms with van der Waals surface area (Å²) in [5, 5.41) is 6.75. The number of amides is 1. The molecule has 2 N–H and O–H groups in total. The second kappa shape index (κ2) is 6.44. The zero-order valence-electron chi connectivity index (χ0n) is 13.5. The van der Waals surface area contributed by atoms with Crippen LogP contribution in [0.15, 0.2) is 0 Å². The molecule has 2 rings (SSSR count). The van der Waals surface area contributed by atoms with Gasteiger partial charge in [-0.3, -0.25) is 9.69 Å². The maximum absolute atomic E-state index is 12.4. The van der Waals surface area contributed by atoms with Gasteiger partial charge in [0.15, 0.2) is 0 Å². The SMILES string of the molecule is CC(C(=O)NC(C)(C)C)N1CCCCC1C1CCCN1. The number of likely N-dealkylation sites (tertiary alicyclic amines) is 1. The van der Waals surface area contributed by atoms with E-state index in [1.165, 1.54) is 32.1 Å². The minimum absolute atomic E-state index is 0.0260. The third-order valence-electron chi connectivity index (χ3n) is 4.53. The molecule has 20 heavy (non-hydrogen) atoms. The lowest BCUT2D eigenvalue weighted by Crippen LogP contribution is -2.58. The van der Waals surface area contributed by atoms with E-state index in [1.54, 1.807) is 0 Å². The van der Waals surface area contributed by atoms with E-state index in [0.29, 0.717) is 12.1 Å². The van der Waals surface area contributed by atoms with Gasteiger partial charge in [0.05, 0.1) is 6.04 Å². The van der Waals surface area contributed by atoms with Crippen LogP contribution < -0.4 is 10.6 Å². The van der Waals surface area contributed by atoms with Crippen molar-refractivity contribution in [3.8, 4) is 0 Å². The van der Waals surface area contributed by atoms with E-state index in [9.17, 15) is 4.79 Å². The zero-order valence-corrected chi connectivity index (χ0v) is 13.5. The van der Waals surface area contributed by atoms with E-state index in [0.717, 1.165) is 13.1 Å². The molecule has 0 aromatic heterocycles. The first-order valence-electron chi connectivity index (χ1n) is 8.19. The summed E-state index contributed by atoms with van der Waals surface area (Å²) in [6.07, 6.45) is 6.28. The molecular weight excluding hydrogens is 250 g/mol. The van der Waals surface area contributed by atoms with E-state index in [4.69, 9.17) is 0 Å². The van der Waals surface area contributed by atoms with E-state index in [-0.39, 0.29) is 17.5 Å². The number of nitrogens with one attached hydrogen (secondary N) is 2. The number of nitrogens with zero attached hydrogens (tertiary/aromatic N) is 1. The van der Waals surface area contributed by atoms with Crippen molar-refractivity contribution in [2.24, 2.45) is 0 Å². The molecular formula is C16H31N3O. The highest BCUT2D eigenvalue weighted by Gasteiger charge is 2.36. The maximum atomic E-state index is 12.4. The number of carbonyl (C=O) groups is 1. The molecule has 4 heteroatoms. The van der Waals surface area contributed by atoms with Crippen LogP contribution in [-0.2, 0) is 4.79 Å². The van der Waals surface area contributed by atoms with E-state index in [2.05, 4.69) is 22.5 Å². The summed E-state index contributed by atoms with van der Waals surface area (Å²) in [7, 11) is 0. The summed E-state index contributed by atoms with van der Waals surface area (Å²) < 4.78 is 0. The molecule has 0 bridgehead atoms. The van der Waals surface area contributed by atoms with Gasteiger partial charge in [0.25, 0.3) is 0 Å². The Hall–Kier alpha value is -0.610. The van der Waals surface area contributed by atoms with Gasteiger partial charge < -0.3 is 10.6 Å². The van der Waals surface area contributed by atoms with Gasteiger partial charge in [0.2, 0.25) is 5.91 Å². The Balaban J connectivity index is 2.01. The Labute approximate surface area is 123 Å². The minimum atomic E-state index is -0.151. The van der Waals surface area contributed by atoms with Crippen LogP contribution in [0.3, 0.4) is 0 Å². The molecule has 2 fully saturated rings. The molecule has 4 nitrogen and oxygen atoms in total. The molecule has 0 radical (unpaired) electrons. The van der Waals surface area contributed by atoms with Crippen LogP contribution in [0.1, 0.15) is 59.8 Å². The third-order valence-corrected chi connectivity index (χ3v) is 4.53. The van der Waals surface area contributed by atoms with Crippen molar-refractivity contribution in [1.82, 2.24) is 15.5 Å². The highest BCUT2D eigenvalue weighted by molar-refractivity contribution is 5.82. The molecule has 1 amide bonds. The molecule has 2 aliphatic rings. The van der Waals surface area contributed by atoms with Crippen LogP contribution in [-0.4, -0.2) is 47.6 Å². The molecule has 116 valence electrons. The molecule has 0 aromatic carbocycles. The fourth-order valence-corrected chi connectivity index (χ4v) is 3.56. The molecule has 2 heterocycles. The summed E-state index contributed by atoms with van der Waals surface area (Å²) in [5.74, 6) is 0.169. The van der Waals surface area contributed by atoms with Crippen molar-refractivity contribution >= 4 is 5.91 Å². The van der Waals surface area contributed by atoms with E-state index >= 15 is 0 Å². The monoisotopic (exact) mass is 281 g/mol. The summed E-state index contributed by atoms with van der Waals surface area (Å²) in [6, 6.07) is 1.09. The van der Waals surface area contributed by atoms with Gasteiger partial charge in [-0.1, -0.05) is 6.42 Å². The standard InChI is InChI=1S/C16H31N3O/c1-12(15(20)18-16(2,3)4)19-11-6-5-9-14(19)13-8-7-10-17-13/h12-14,17H,5-11H2,1-4H3,(H,18,20). The summed E-state index contributed by atoms with van der Waals surface area (Å²) in [6.45, 7) is 10.4. The van der Waals surface area contributed by atoms with Crippen LogP contribution in [0.2, 0.25) is 0 Å². The summed E-state index contributed by atoms with van der Waals surface area (Å²) in [4.78, 5) is 14.9. The second-order valence-corrected chi connectivity index (χ2v) is 7.42. The van der Waals surface area contributed by atoms with Crippen molar-refractivity contribution in [2.45, 2.75) is 83.5 Å². The molecule has 2 saturated heterocycles. The van der Waals surface area contributed by atoms with Gasteiger partial charge in [-0.15, -0.1) is 0 Å². The number of piperidine rings is 1. The molecule has 0 saturated carbocycles. The molecule has 0 aliphatic carbocycles. The van der Waals surface area contributed by atoms with Gasteiger partial charge in [0, 0.05) is 17.6 Å². The molecule has 3 unspecified atom stereocenters. The zero-order chi connectivity index (χ0) is 14.8. The van der Waals surface area contributed by atoms with Crippen LogP contribution in [0.4, 0.5) is 0 Å². The Bertz CT molecular complexity index is 331. The second-order valence-electron chi connectivity index (χ2n) is 7.42. The third kappa shape index (κ3) is 3.95. The van der Waals surface area contributed by atoms with Crippen LogP contribution in [0.5, 0.6) is 0 Å². The van der Waals surface area contributed by atoms with Crippen molar-refractivity contribution in [2.75, 3.05) is 13.1 Å². The quantitative estimate of drug-likeness (QED) is 0.830. The summed E-state index contributed by atoms with van der Waals surface area (Å²) >= 11 is 0. The van der Waals surface area contributed by atoms with Crippen LogP contribution in [0, 0.1) is 0 Å². The summed E-state index contributed by atoms with van der Waals surface area (Å²) in [5.41, 5.74) is -0.151. The lowest BCUT2D eigenvalue weighted by atomic mass is 9.92. The number of hydrogen-bond donors (Lipinski definition) is 2. The number of carbonyl (C=O) groups excluding carboxylic acids is 1. The predicted octanol–water partition coefficient (Wildman–Crippen LogP) is 1.90. The minimum Gasteiger partial charge on any atom is -0.350 e. The number of rotatable bonds is 3. The van der Waals surface area contributed by atoms with Gasteiger partial charge in [-0.05, 0) is 66.5 Å². The van der Waals surface area contributed by atoms with Gasteiger partial charge >= 0.3 is 0 Å². The lowest BCUT2D eigenvalue weighted by molar-refractivity contribution is -0.129. The van der Waals surface area contributed by atoms with Crippen molar-refractivity contribution in [3.05, 3.63) is 0 Å². The van der Waals surface area contributed by atoms with Crippen molar-refractivity contribution in [1.29, 1.82) is 0 Å². The first-order valence-corrected chi connectivity index (χ1v) is 8.19. The predicted molar refractivity (Wildman–Crippen MR) is 82.7 cm³/mol. The van der Waals surface area contributed by atoms with Gasteiger partial charge in [-0.25, -0.2) is 0 Å². The number of hydrogen-bond acceptors (Lipinski definition) is 3. The van der Waals surface area contributed by atoms with Crippen molar-refractivity contribution in [3.63, 3.8) is 0 Å². The van der Waals surface area contributed by atoms with E-state index in [1.807, 2.05) is 20.8 Å².